The summed E-state index contributed by atoms with van der Waals surface area (Å²) < 4.78 is 34.7. The van der Waals surface area contributed by atoms with Crippen LogP contribution in [-0.4, -0.2) is 71.1 Å². The van der Waals surface area contributed by atoms with Crippen LogP contribution in [0.25, 0.3) is 10.9 Å². The summed E-state index contributed by atoms with van der Waals surface area (Å²) in [4.78, 5) is 31.6. The van der Waals surface area contributed by atoms with E-state index in [0.717, 1.165) is 15.8 Å². The summed E-state index contributed by atoms with van der Waals surface area (Å²) in [5, 5.41) is 22.2. The lowest BCUT2D eigenvalue weighted by atomic mass is 10.0. The van der Waals surface area contributed by atoms with Crippen molar-refractivity contribution in [2.24, 2.45) is 0 Å². The van der Waals surface area contributed by atoms with Gasteiger partial charge in [0.2, 0.25) is 0 Å². The van der Waals surface area contributed by atoms with Gasteiger partial charge in [0.1, 0.15) is 12.4 Å². The van der Waals surface area contributed by atoms with Gasteiger partial charge >= 0.3 is 6.09 Å². The summed E-state index contributed by atoms with van der Waals surface area (Å²) in [5.74, 6) is 0.312. The number of aliphatic hydroxyl groups is 1. The van der Waals surface area contributed by atoms with E-state index in [4.69, 9.17) is 4.74 Å². The normalized spacial score (nSPS) is 14.7. The molecule has 0 spiro atoms. The van der Waals surface area contributed by atoms with E-state index in [1.165, 1.54) is 24.3 Å². The zero-order chi connectivity index (χ0) is 31.6. The number of carbonyl (C=O) groups is 2. The zero-order valence-electron chi connectivity index (χ0n) is 24.8. The van der Waals surface area contributed by atoms with E-state index in [9.17, 15) is 28.2 Å². The molecule has 1 aliphatic rings. The molecule has 2 amide bonds. The zero-order valence-corrected chi connectivity index (χ0v) is 25.6. The number of amides is 2. The van der Waals surface area contributed by atoms with E-state index < -0.39 is 28.3 Å². The Labute approximate surface area is 263 Å². The fourth-order valence-corrected chi connectivity index (χ4v) is 6.73. The number of sulfonamides is 1. The van der Waals surface area contributed by atoms with Crippen LogP contribution < -0.4 is 9.46 Å². The second-order valence-corrected chi connectivity index (χ2v) is 12.5. The van der Waals surface area contributed by atoms with Crippen molar-refractivity contribution in [1.29, 1.82) is 0 Å². The van der Waals surface area contributed by atoms with Crippen molar-refractivity contribution in [1.82, 2.24) is 14.8 Å². The Bertz CT molecular complexity index is 1800. The van der Waals surface area contributed by atoms with Crippen molar-refractivity contribution < 1.29 is 33.0 Å². The number of hydrogen-bond acceptors (Lipinski definition) is 6. The number of aromatic amines is 1. The molecule has 1 aromatic heterocycles. The van der Waals surface area contributed by atoms with E-state index in [0.29, 0.717) is 41.9 Å². The molecular formula is C33H40N4O7S. The van der Waals surface area contributed by atoms with Gasteiger partial charge in [-0.25, -0.2) is 13.2 Å². The molecule has 11 nitrogen and oxygen atoms in total. The third kappa shape index (κ3) is 6.91. The molecular weight excluding hydrogens is 596 g/mol. The predicted molar refractivity (Wildman–Crippen MR) is 173 cm³/mol. The molecule has 45 heavy (non-hydrogen) atoms. The van der Waals surface area contributed by atoms with Crippen LogP contribution in [0.3, 0.4) is 0 Å². The van der Waals surface area contributed by atoms with Crippen molar-refractivity contribution in [3.8, 4) is 5.75 Å². The molecule has 0 aliphatic carbocycles. The number of fused-ring (bicyclic) bond motifs is 5. The number of nitrogens with zero attached hydrogens (tertiary/aromatic N) is 2. The lowest BCUT2D eigenvalue weighted by molar-refractivity contribution is 0.0774. The fourth-order valence-electron chi connectivity index (χ4n) is 5.58. The molecule has 0 fully saturated rings. The van der Waals surface area contributed by atoms with Crippen molar-refractivity contribution in [2.45, 2.75) is 58.3 Å². The first kappa shape index (κ1) is 33.3. The van der Waals surface area contributed by atoms with E-state index in [1.54, 1.807) is 42.3 Å². The molecule has 2 heterocycles. The molecule has 0 radical (unpaired) electrons. The molecule has 3 aromatic carbocycles. The smallest absolute Gasteiger partial charge is 0.407 e. The van der Waals surface area contributed by atoms with Crippen LogP contribution >= 0.6 is 0 Å². The Kier molecular flexibility index (Phi) is 10.1. The highest BCUT2D eigenvalue weighted by atomic mass is 32.2. The van der Waals surface area contributed by atoms with E-state index in [2.05, 4.69) is 9.71 Å². The Morgan fingerprint density at radius 3 is 2.49 bits per heavy atom. The van der Waals surface area contributed by atoms with E-state index >= 15 is 0 Å². The minimum atomic E-state index is -3.99. The van der Waals surface area contributed by atoms with Gasteiger partial charge in [-0.05, 0) is 62.6 Å². The number of carbonyl (C=O) groups excluding carboxylic acids is 1. The number of aromatic nitrogens is 1. The van der Waals surface area contributed by atoms with Crippen LogP contribution in [-0.2, 0) is 23.1 Å². The Hall–Kier alpha value is -4.55. The first-order valence-electron chi connectivity index (χ1n) is 14.5. The molecule has 5 rings (SSSR count). The van der Waals surface area contributed by atoms with Gasteiger partial charge in [-0.1, -0.05) is 37.8 Å². The predicted octanol–water partition coefficient (Wildman–Crippen LogP) is 5.62. The first-order valence-corrected chi connectivity index (χ1v) is 15.9. The van der Waals surface area contributed by atoms with Gasteiger partial charge in [0, 0.05) is 42.3 Å². The third-order valence-electron chi connectivity index (χ3n) is 7.99. The highest BCUT2D eigenvalue weighted by Gasteiger charge is 2.28. The molecule has 4 N–H and O–H groups in total. The average molecular weight is 637 g/mol. The maximum atomic E-state index is 13.2. The van der Waals surface area contributed by atoms with Crippen molar-refractivity contribution >= 4 is 38.6 Å². The van der Waals surface area contributed by atoms with Gasteiger partial charge in [-0.2, -0.15) is 0 Å². The van der Waals surface area contributed by atoms with Crippen molar-refractivity contribution in [2.75, 3.05) is 24.4 Å². The quantitative estimate of drug-likeness (QED) is 0.186. The molecule has 0 saturated carbocycles. The van der Waals surface area contributed by atoms with Crippen LogP contribution in [0.4, 0.5) is 10.5 Å². The van der Waals surface area contributed by atoms with Gasteiger partial charge < -0.3 is 29.7 Å². The molecule has 0 saturated heterocycles. The average Bonchev–Trinajstić information content (AvgIpc) is 3.41. The standard InChI is InChI=1S/C32H36N4O7S.CH4/c1-4-35(5-2)31(38)27-11-7-10-25-22(17-33-30(25)27)14-20(3)36(32(39)40)18-29(37)26-13-12-23-16-28(26)34-44(41,42)24-9-6-8-21(15-24)19-43-23;/h6-13,15-17,20,29,33-34,37H,4-5,14,18-19H2,1-3H3,(H,39,40);1H4/t20-,29+;/m1./s1. The minimum absolute atomic E-state index is 0. The number of carboxylic acid groups (broad SMARTS) is 1. The number of nitrogens with one attached hydrogen (secondary N) is 2. The third-order valence-corrected chi connectivity index (χ3v) is 9.35. The minimum Gasteiger partial charge on any atom is -0.489 e. The van der Waals surface area contributed by atoms with Gasteiger partial charge in [-0.3, -0.25) is 9.52 Å². The van der Waals surface area contributed by atoms with E-state index in [1.807, 2.05) is 26.0 Å². The number of benzene rings is 3. The van der Waals surface area contributed by atoms with Gasteiger partial charge in [0.15, 0.2) is 0 Å². The molecule has 4 aromatic rings. The van der Waals surface area contributed by atoms with Crippen molar-refractivity contribution in [3.05, 3.63) is 89.1 Å². The largest absolute Gasteiger partial charge is 0.489 e. The summed E-state index contributed by atoms with van der Waals surface area (Å²) in [7, 11) is -3.99. The molecule has 2 atom stereocenters. The lowest BCUT2D eigenvalue weighted by Crippen LogP contribution is -2.41. The van der Waals surface area contributed by atoms with Gasteiger partial charge in [0.25, 0.3) is 15.9 Å². The number of aliphatic hydroxyl groups excluding tert-OH is 1. The highest BCUT2D eigenvalue weighted by molar-refractivity contribution is 7.92. The van der Waals surface area contributed by atoms with Crippen LogP contribution in [0, 0.1) is 0 Å². The summed E-state index contributed by atoms with van der Waals surface area (Å²) in [6, 6.07) is 15.9. The number of hydrogen-bond donors (Lipinski definition) is 4. The topological polar surface area (TPSA) is 152 Å². The van der Waals surface area contributed by atoms with Gasteiger partial charge in [0.05, 0.1) is 34.3 Å². The number of rotatable bonds is 9. The van der Waals surface area contributed by atoms with Crippen molar-refractivity contribution in [3.63, 3.8) is 0 Å². The monoisotopic (exact) mass is 636 g/mol. The molecule has 240 valence electrons. The number of anilines is 1. The molecule has 4 bridgehead atoms. The summed E-state index contributed by atoms with van der Waals surface area (Å²) >= 11 is 0. The SMILES string of the molecule is C.CCN(CC)C(=O)c1cccc2c(C[C@@H](C)N(C[C@H](O)c3ccc4cc3NS(=O)(=O)c3cccc(c3)CO4)C(=O)O)c[nH]c12. The van der Waals surface area contributed by atoms with Crippen LogP contribution in [0.5, 0.6) is 5.75 Å². The number of ether oxygens (including phenoxy) is 1. The lowest BCUT2D eigenvalue weighted by Gasteiger charge is -2.29. The number of H-pyrrole nitrogens is 1. The molecule has 1 aliphatic heterocycles. The first-order chi connectivity index (χ1) is 21.0. The maximum absolute atomic E-state index is 13.2. The molecule has 0 unspecified atom stereocenters. The molecule has 12 heteroatoms. The second kappa shape index (κ2) is 13.6. The maximum Gasteiger partial charge on any atom is 0.407 e. The Balaban J connectivity index is 0.00000461. The van der Waals surface area contributed by atoms with E-state index in [-0.39, 0.29) is 42.6 Å². The Morgan fingerprint density at radius 2 is 1.78 bits per heavy atom. The second-order valence-electron chi connectivity index (χ2n) is 10.8. The van der Waals surface area contributed by atoms with Crippen LogP contribution in [0.1, 0.15) is 61.4 Å². The summed E-state index contributed by atoms with van der Waals surface area (Å²) in [6.07, 6.45) is -0.496. The summed E-state index contributed by atoms with van der Waals surface area (Å²) in [6.45, 7) is 6.60. The summed E-state index contributed by atoms with van der Waals surface area (Å²) in [5.41, 5.74) is 3.06. The van der Waals surface area contributed by atoms with Gasteiger partial charge in [-0.15, -0.1) is 0 Å². The highest BCUT2D eigenvalue weighted by Crippen LogP contribution is 2.33. The van der Waals surface area contributed by atoms with Crippen LogP contribution in [0.2, 0.25) is 0 Å². The number of para-hydroxylation sites is 1. The Morgan fingerprint density at radius 1 is 1.04 bits per heavy atom. The van der Waals surface area contributed by atoms with Crippen LogP contribution in [0.15, 0.2) is 71.8 Å². The fraction of sp³-hybridized carbons (Fsp3) is 0.333.